The second kappa shape index (κ2) is 5.82. The molecule has 0 bridgehead atoms. The molecule has 4 rings (SSSR count). The van der Waals surface area contributed by atoms with Gasteiger partial charge in [-0.25, -0.2) is 0 Å². The van der Waals surface area contributed by atoms with Gasteiger partial charge in [0.2, 0.25) is 0 Å². The fraction of sp³-hybridized carbons (Fsp3) is 0.810. The zero-order valence-electron chi connectivity index (χ0n) is 14.9. The van der Waals surface area contributed by atoms with E-state index in [-0.39, 0.29) is 6.10 Å². The second-order valence-corrected chi connectivity index (χ2v) is 8.34. The third-order valence-electron chi connectivity index (χ3n) is 7.40. The molecule has 0 heterocycles. The summed E-state index contributed by atoms with van der Waals surface area (Å²) in [5, 5.41) is 10.00. The molecular weight excluding hydrogens is 268 g/mol. The van der Waals surface area contributed by atoms with Crippen molar-refractivity contribution in [1.29, 1.82) is 0 Å². The van der Waals surface area contributed by atoms with E-state index in [0.29, 0.717) is 10.8 Å². The third-order valence-corrected chi connectivity index (χ3v) is 7.40. The summed E-state index contributed by atoms with van der Waals surface area (Å²) in [6.07, 6.45) is 15.9. The van der Waals surface area contributed by atoms with Crippen molar-refractivity contribution < 1.29 is 5.11 Å². The minimum Gasteiger partial charge on any atom is -0.393 e. The molecule has 0 amide bonds. The number of aliphatic hydroxyl groups excluding tert-OH is 1. The fourth-order valence-electron chi connectivity index (χ4n) is 6.12. The zero-order chi connectivity index (χ0) is 16.0. The van der Waals surface area contributed by atoms with Crippen molar-refractivity contribution in [3.8, 4) is 0 Å². The Hall–Kier alpha value is -0.560. The fourth-order valence-corrected chi connectivity index (χ4v) is 6.12. The first kappa shape index (κ1) is 16.3. The monoisotopic (exact) mass is 302 g/mol. The van der Waals surface area contributed by atoms with E-state index in [9.17, 15) is 5.11 Å². The standard InChI is InChI=1S/C19H28O.C2H6/c1-18-9-3-4-16(18)15-6-5-13-12-14(20)7-11-19(13,2)17(15)8-10-18;1-2/h3,5,9,14-17,20H,4,6-8,10-12H2,1-2H3;1-2H3/t14?,15?,16?,17-,18?,19?;/m0./s1. The molecule has 124 valence electrons. The van der Waals surface area contributed by atoms with Crippen LogP contribution in [0.1, 0.15) is 72.6 Å². The Bertz CT molecular complexity index is 476. The number of rotatable bonds is 0. The molecule has 4 aliphatic carbocycles. The van der Waals surface area contributed by atoms with Gasteiger partial charge >= 0.3 is 0 Å². The molecule has 22 heavy (non-hydrogen) atoms. The highest BCUT2D eigenvalue weighted by atomic mass is 16.3. The Labute approximate surface area is 136 Å². The molecule has 0 saturated heterocycles. The lowest BCUT2D eigenvalue weighted by Crippen LogP contribution is -2.49. The largest absolute Gasteiger partial charge is 0.393 e. The summed E-state index contributed by atoms with van der Waals surface area (Å²) in [4.78, 5) is 0. The van der Waals surface area contributed by atoms with Crippen LogP contribution in [0.2, 0.25) is 0 Å². The average Bonchev–Trinajstić information content (AvgIpc) is 2.92. The van der Waals surface area contributed by atoms with E-state index in [2.05, 4.69) is 32.1 Å². The molecule has 1 heteroatoms. The quantitative estimate of drug-likeness (QED) is 0.586. The van der Waals surface area contributed by atoms with E-state index in [1.807, 2.05) is 13.8 Å². The van der Waals surface area contributed by atoms with Gasteiger partial charge in [-0.15, -0.1) is 0 Å². The molecule has 2 saturated carbocycles. The van der Waals surface area contributed by atoms with Crippen molar-refractivity contribution in [2.45, 2.75) is 78.7 Å². The van der Waals surface area contributed by atoms with Crippen molar-refractivity contribution in [1.82, 2.24) is 0 Å². The molecule has 0 aliphatic heterocycles. The smallest absolute Gasteiger partial charge is 0.0577 e. The SMILES string of the molecule is CC.CC12C=CCC1C1CC=C3CC(O)CCC3(C)[C@H]1CC2. The molecule has 0 aromatic rings. The van der Waals surface area contributed by atoms with Crippen LogP contribution in [-0.4, -0.2) is 11.2 Å². The summed E-state index contributed by atoms with van der Waals surface area (Å²) in [6.45, 7) is 9.00. The lowest BCUT2D eigenvalue weighted by molar-refractivity contribution is -0.0263. The summed E-state index contributed by atoms with van der Waals surface area (Å²) in [5.41, 5.74) is 2.47. The topological polar surface area (TPSA) is 20.2 Å². The van der Waals surface area contributed by atoms with Crippen LogP contribution in [0, 0.1) is 28.6 Å². The van der Waals surface area contributed by atoms with Gasteiger partial charge in [-0.2, -0.15) is 0 Å². The van der Waals surface area contributed by atoms with Gasteiger partial charge in [0.25, 0.3) is 0 Å². The Morgan fingerprint density at radius 2 is 1.82 bits per heavy atom. The van der Waals surface area contributed by atoms with Gasteiger partial charge in [0, 0.05) is 0 Å². The number of hydrogen-bond donors (Lipinski definition) is 1. The van der Waals surface area contributed by atoms with Crippen LogP contribution in [0.4, 0.5) is 0 Å². The van der Waals surface area contributed by atoms with E-state index in [0.717, 1.165) is 30.6 Å². The summed E-state index contributed by atoms with van der Waals surface area (Å²) >= 11 is 0. The molecule has 4 aliphatic rings. The van der Waals surface area contributed by atoms with Gasteiger partial charge in [-0.3, -0.25) is 0 Å². The van der Waals surface area contributed by atoms with E-state index in [1.54, 1.807) is 5.57 Å². The number of aliphatic hydroxyl groups is 1. The summed E-state index contributed by atoms with van der Waals surface area (Å²) in [7, 11) is 0. The molecule has 0 aromatic heterocycles. The van der Waals surface area contributed by atoms with E-state index < -0.39 is 0 Å². The molecule has 6 atom stereocenters. The van der Waals surface area contributed by atoms with Crippen molar-refractivity contribution in [3.05, 3.63) is 23.8 Å². The maximum absolute atomic E-state index is 10.00. The minimum absolute atomic E-state index is 0.0760. The molecule has 1 nitrogen and oxygen atoms in total. The van der Waals surface area contributed by atoms with Gasteiger partial charge in [0.1, 0.15) is 0 Å². The first-order chi connectivity index (χ1) is 10.5. The minimum atomic E-state index is -0.0760. The maximum Gasteiger partial charge on any atom is 0.0577 e. The van der Waals surface area contributed by atoms with Crippen molar-refractivity contribution in [2.24, 2.45) is 28.6 Å². The normalized spacial score (nSPS) is 49.2. The Morgan fingerprint density at radius 3 is 2.59 bits per heavy atom. The lowest BCUT2D eigenvalue weighted by Gasteiger charge is -2.57. The lowest BCUT2D eigenvalue weighted by atomic mass is 9.48. The van der Waals surface area contributed by atoms with Gasteiger partial charge < -0.3 is 5.11 Å². The summed E-state index contributed by atoms with van der Waals surface area (Å²) < 4.78 is 0. The molecule has 5 unspecified atom stereocenters. The van der Waals surface area contributed by atoms with E-state index >= 15 is 0 Å². The van der Waals surface area contributed by atoms with Crippen molar-refractivity contribution >= 4 is 0 Å². The van der Waals surface area contributed by atoms with Crippen molar-refractivity contribution in [3.63, 3.8) is 0 Å². The second-order valence-electron chi connectivity index (χ2n) is 8.34. The maximum atomic E-state index is 10.00. The Balaban J connectivity index is 0.000000693. The van der Waals surface area contributed by atoms with Crippen LogP contribution in [0.25, 0.3) is 0 Å². The predicted molar refractivity (Wildman–Crippen MR) is 93.6 cm³/mol. The summed E-state index contributed by atoms with van der Waals surface area (Å²) in [5.74, 6) is 2.63. The van der Waals surface area contributed by atoms with Gasteiger partial charge in [0.05, 0.1) is 6.10 Å². The first-order valence-electron chi connectivity index (χ1n) is 9.58. The van der Waals surface area contributed by atoms with Crippen LogP contribution in [0.5, 0.6) is 0 Å². The van der Waals surface area contributed by atoms with Crippen LogP contribution >= 0.6 is 0 Å². The zero-order valence-corrected chi connectivity index (χ0v) is 14.9. The highest BCUT2D eigenvalue weighted by Crippen LogP contribution is 2.63. The van der Waals surface area contributed by atoms with Crippen LogP contribution in [0.15, 0.2) is 23.8 Å². The molecular formula is C21H34O. The number of allylic oxidation sites excluding steroid dienone is 3. The predicted octanol–water partition coefficient (Wildman–Crippen LogP) is 5.50. The van der Waals surface area contributed by atoms with Crippen molar-refractivity contribution in [2.75, 3.05) is 0 Å². The van der Waals surface area contributed by atoms with Crippen LogP contribution in [0.3, 0.4) is 0 Å². The molecule has 1 N–H and O–H groups in total. The van der Waals surface area contributed by atoms with Gasteiger partial charge in [-0.05, 0) is 73.5 Å². The van der Waals surface area contributed by atoms with Gasteiger partial charge in [0.15, 0.2) is 0 Å². The Morgan fingerprint density at radius 1 is 1.05 bits per heavy atom. The van der Waals surface area contributed by atoms with E-state index in [1.165, 1.54) is 32.1 Å². The van der Waals surface area contributed by atoms with Crippen LogP contribution < -0.4 is 0 Å². The average molecular weight is 303 g/mol. The first-order valence-corrected chi connectivity index (χ1v) is 9.58. The highest BCUT2D eigenvalue weighted by molar-refractivity contribution is 5.26. The highest BCUT2D eigenvalue weighted by Gasteiger charge is 2.54. The molecule has 2 fully saturated rings. The van der Waals surface area contributed by atoms with Crippen LogP contribution in [-0.2, 0) is 0 Å². The number of hydrogen-bond acceptors (Lipinski definition) is 1. The number of fused-ring (bicyclic) bond motifs is 5. The Kier molecular flexibility index (Phi) is 4.31. The molecule has 0 aromatic carbocycles. The molecule has 0 spiro atoms. The van der Waals surface area contributed by atoms with Gasteiger partial charge in [-0.1, -0.05) is 51.5 Å². The third kappa shape index (κ3) is 2.31. The van der Waals surface area contributed by atoms with E-state index in [4.69, 9.17) is 0 Å². The summed E-state index contributed by atoms with van der Waals surface area (Å²) in [6, 6.07) is 0. The molecule has 0 radical (unpaired) electrons.